The molecule has 1 aromatic carbocycles. The number of non-ortho nitro benzene ring substituents is 1. The summed E-state index contributed by atoms with van der Waals surface area (Å²) in [4.78, 5) is 35.3. The molecule has 1 heterocycles. The van der Waals surface area contributed by atoms with Gasteiger partial charge in [0.1, 0.15) is 5.75 Å². The predicted octanol–water partition coefficient (Wildman–Crippen LogP) is 3.17. The van der Waals surface area contributed by atoms with Crippen LogP contribution in [-0.2, 0) is 20.7 Å². The van der Waals surface area contributed by atoms with Crippen LogP contribution in [0.5, 0.6) is 5.75 Å². The Kier molecular flexibility index (Phi) is 6.67. The van der Waals surface area contributed by atoms with E-state index in [1.165, 1.54) is 32.2 Å². The Hall–Kier alpha value is -2.94. The van der Waals surface area contributed by atoms with Gasteiger partial charge in [0.15, 0.2) is 6.10 Å². The molecule has 1 aromatic heterocycles. The van der Waals surface area contributed by atoms with E-state index in [0.717, 1.165) is 4.88 Å². The first-order chi connectivity index (χ1) is 12.4. The maximum atomic E-state index is 12.2. The lowest BCUT2D eigenvalue weighted by Crippen LogP contribution is -2.30. The van der Waals surface area contributed by atoms with Gasteiger partial charge in [0.25, 0.3) is 11.6 Å². The van der Waals surface area contributed by atoms with E-state index in [4.69, 9.17) is 9.47 Å². The minimum absolute atomic E-state index is 0.142. The summed E-state index contributed by atoms with van der Waals surface area (Å²) in [5.74, 6) is -0.887. The molecule has 0 saturated heterocycles. The lowest BCUT2D eigenvalue weighted by Gasteiger charge is -2.15. The topological polar surface area (TPSA) is 108 Å². The molecule has 9 heteroatoms. The van der Waals surface area contributed by atoms with E-state index in [2.05, 4.69) is 5.32 Å². The van der Waals surface area contributed by atoms with E-state index < -0.39 is 22.9 Å². The summed E-state index contributed by atoms with van der Waals surface area (Å²) < 4.78 is 10.2. The van der Waals surface area contributed by atoms with Gasteiger partial charge in [-0.25, -0.2) is 0 Å². The monoisotopic (exact) mass is 378 g/mol. The Morgan fingerprint density at radius 2 is 2.12 bits per heavy atom. The third-order valence-corrected chi connectivity index (χ3v) is 4.42. The first-order valence-electron chi connectivity index (χ1n) is 7.76. The van der Waals surface area contributed by atoms with Gasteiger partial charge in [-0.2, -0.15) is 0 Å². The molecule has 0 radical (unpaired) electrons. The van der Waals surface area contributed by atoms with Gasteiger partial charge in [-0.05, 0) is 30.9 Å². The van der Waals surface area contributed by atoms with Crippen molar-refractivity contribution in [1.29, 1.82) is 0 Å². The lowest BCUT2D eigenvalue weighted by atomic mass is 10.2. The predicted molar refractivity (Wildman–Crippen MR) is 96.5 cm³/mol. The second-order valence-corrected chi connectivity index (χ2v) is 6.37. The number of nitrogens with one attached hydrogen (secondary N) is 1. The number of thiophene rings is 1. The number of esters is 1. The highest BCUT2D eigenvalue weighted by Gasteiger charge is 2.20. The Morgan fingerprint density at radius 3 is 2.73 bits per heavy atom. The number of anilines is 1. The van der Waals surface area contributed by atoms with Crippen LogP contribution in [0.15, 0.2) is 35.7 Å². The number of carbonyl (C=O) groups excluding carboxylic acids is 2. The summed E-state index contributed by atoms with van der Waals surface area (Å²) >= 11 is 1.55. The number of hydrogen-bond acceptors (Lipinski definition) is 7. The highest BCUT2D eigenvalue weighted by Crippen LogP contribution is 2.29. The summed E-state index contributed by atoms with van der Waals surface area (Å²) in [5, 5.41) is 15.3. The van der Waals surface area contributed by atoms with Crippen LogP contribution in [0.2, 0.25) is 0 Å². The summed E-state index contributed by atoms with van der Waals surface area (Å²) in [7, 11) is 1.34. The van der Waals surface area contributed by atoms with Crippen molar-refractivity contribution in [3.63, 3.8) is 0 Å². The number of rotatable bonds is 8. The molecule has 0 aliphatic carbocycles. The normalized spacial score (nSPS) is 11.5. The number of methoxy groups -OCH3 is 1. The number of amides is 1. The quantitative estimate of drug-likeness (QED) is 0.429. The van der Waals surface area contributed by atoms with E-state index >= 15 is 0 Å². The summed E-state index contributed by atoms with van der Waals surface area (Å²) in [6.07, 6.45) is -0.272. The largest absolute Gasteiger partial charge is 0.494 e. The van der Waals surface area contributed by atoms with Crippen molar-refractivity contribution in [3.05, 3.63) is 50.7 Å². The van der Waals surface area contributed by atoms with Crippen molar-refractivity contribution in [2.75, 3.05) is 12.4 Å². The molecule has 138 valence electrons. The second-order valence-electron chi connectivity index (χ2n) is 5.34. The third kappa shape index (κ3) is 5.28. The number of nitrogens with zero attached hydrogens (tertiary/aromatic N) is 1. The molecule has 0 aliphatic rings. The molecule has 0 bridgehead atoms. The van der Waals surface area contributed by atoms with Gasteiger partial charge < -0.3 is 14.8 Å². The van der Waals surface area contributed by atoms with Crippen LogP contribution in [0.25, 0.3) is 0 Å². The summed E-state index contributed by atoms with van der Waals surface area (Å²) in [6.45, 7) is 1.45. The Morgan fingerprint density at radius 1 is 1.35 bits per heavy atom. The smallest absolute Gasteiger partial charge is 0.306 e. The molecule has 0 unspecified atom stereocenters. The molecule has 0 aliphatic heterocycles. The first kappa shape index (κ1) is 19.4. The molecule has 1 amide bonds. The standard InChI is InChI=1S/C17H18N2O6S/c1-11(25-16(20)8-6-13-4-3-9-26-13)17(21)18-14-7-5-12(19(22)23)10-15(14)24-2/h3-5,7,9-11H,6,8H2,1-2H3,(H,18,21)/t11-/m1/s1. The van der Waals surface area contributed by atoms with Crippen molar-refractivity contribution in [1.82, 2.24) is 0 Å². The molecule has 2 rings (SSSR count). The second kappa shape index (κ2) is 8.95. The van der Waals surface area contributed by atoms with Crippen LogP contribution in [0.3, 0.4) is 0 Å². The van der Waals surface area contributed by atoms with Crippen molar-refractivity contribution in [2.45, 2.75) is 25.9 Å². The molecule has 8 nitrogen and oxygen atoms in total. The zero-order valence-corrected chi connectivity index (χ0v) is 15.1. The zero-order chi connectivity index (χ0) is 19.1. The highest BCUT2D eigenvalue weighted by molar-refractivity contribution is 7.09. The van der Waals surface area contributed by atoms with Crippen LogP contribution in [0.1, 0.15) is 18.2 Å². The molecular formula is C17H18N2O6S. The average Bonchev–Trinajstić information content (AvgIpc) is 3.13. The van der Waals surface area contributed by atoms with Crippen molar-refractivity contribution in [2.24, 2.45) is 0 Å². The summed E-state index contributed by atoms with van der Waals surface area (Å²) in [5.41, 5.74) is 0.0949. The molecule has 1 atom stereocenters. The van der Waals surface area contributed by atoms with Crippen molar-refractivity contribution < 1.29 is 24.0 Å². The SMILES string of the molecule is COc1cc([N+](=O)[O-])ccc1NC(=O)[C@@H](C)OC(=O)CCc1cccs1. The molecule has 0 saturated carbocycles. The van der Waals surface area contributed by atoms with Crippen LogP contribution >= 0.6 is 11.3 Å². The average molecular weight is 378 g/mol. The number of aryl methyl sites for hydroxylation is 1. The molecule has 26 heavy (non-hydrogen) atoms. The van der Waals surface area contributed by atoms with Crippen LogP contribution in [0, 0.1) is 10.1 Å². The van der Waals surface area contributed by atoms with Gasteiger partial charge in [-0.15, -0.1) is 11.3 Å². The maximum Gasteiger partial charge on any atom is 0.306 e. The van der Waals surface area contributed by atoms with Gasteiger partial charge in [-0.3, -0.25) is 19.7 Å². The number of ether oxygens (including phenoxy) is 2. The van der Waals surface area contributed by atoms with Gasteiger partial charge in [0.05, 0.1) is 30.2 Å². The van der Waals surface area contributed by atoms with E-state index in [1.807, 2.05) is 17.5 Å². The first-order valence-corrected chi connectivity index (χ1v) is 8.64. The van der Waals surface area contributed by atoms with Crippen LogP contribution in [-0.4, -0.2) is 30.0 Å². The number of benzene rings is 1. The lowest BCUT2D eigenvalue weighted by molar-refractivity contribution is -0.384. The van der Waals surface area contributed by atoms with Crippen molar-refractivity contribution in [3.8, 4) is 5.75 Å². The van der Waals surface area contributed by atoms with E-state index in [0.29, 0.717) is 6.42 Å². The Bertz CT molecular complexity index is 791. The molecule has 0 spiro atoms. The fraction of sp³-hybridized carbons (Fsp3) is 0.294. The zero-order valence-electron chi connectivity index (χ0n) is 14.3. The fourth-order valence-electron chi connectivity index (χ4n) is 2.12. The van der Waals surface area contributed by atoms with Crippen LogP contribution in [0.4, 0.5) is 11.4 Å². The fourth-order valence-corrected chi connectivity index (χ4v) is 2.83. The maximum absolute atomic E-state index is 12.2. The molecule has 0 fully saturated rings. The minimum atomic E-state index is -1.01. The van der Waals surface area contributed by atoms with Crippen LogP contribution < -0.4 is 10.1 Å². The van der Waals surface area contributed by atoms with E-state index in [9.17, 15) is 19.7 Å². The number of hydrogen-bond donors (Lipinski definition) is 1. The molecular weight excluding hydrogens is 360 g/mol. The van der Waals surface area contributed by atoms with E-state index in [-0.39, 0.29) is 23.5 Å². The highest BCUT2D eigenvalue weighted by atomic mass is 32.1. The van der Waals surface area contributed by atoms with E-state index in [1.54, 1.807) is 11.3 Å². The van der Waals surface area contributed by atoms with Crippen molar-refractivity contribution >= 4 is 34.6 Å². The Labute approximate surface area is 153 Å². The molecule has 1 N–H and O–H groups in total. The number of nitro groups is 1. The number of carbonyl (C=O) groups is 2. The Balaban J connectivity index is 1.91. The minimum Gasteiger partial charge on any atom is -0.494 e. The molecule has 2 aromatic rings. The third-order valence-electron chi connectivity index (χ3n) is 3.49. The number of nitro benzene ring substituents is 1. The van der Waals surface area contributed by atoms with Gasteiger partial charge in [-0.1, -0.05) is 6.07 Å². The summed E-state index contributed by atoms with van der Waals surface area (Å²) in [6, 6.07) is 7.64. The van der Waals surface area contributed by atoms with Gasteiger partial charge in [0.2, 0.25) is 0 Å². The van der Waals surface area contributed by atoms with Gasteiger partial charge >= 0.3 is 5.97 Å². The van der Waals surface area contributed by atoms with Gasteiger partial charge in [0, 0.05) is 10.9 Å².